The Bertz CT molecular complexity index is 5990. The van der Waals surface area contributed by atoms with E-state index in [1.807, 2.05) is 49.6 Å². The summed E-state index contributed by atoms with van der Waals surface area (Å²) >= 11 is 0. The fourth-order valence-corrected chi connectivity index (χ4v) is 15.8. The fourth-order valence-electron chi connectivity index (χ4n) is 15.8. The topological polar surface area (TPSA) is 100 Å². The van der Waals surface area contributed by atoms with E-state index in [2.05, 4.69) is 316 Å². The molecule has 0 unspecified atom stereocenters. The lowest BCUT2D eigenvalue weighted by Gasteiger charge is -2.30. The van der Waals surface area contributed by atoms with E-state index in [9.17, 15) is 5.26 Å². The number of nitriles is 1. The fraction of sp³-hybridized carbons (Fsp3) is 0. The second-order valence-electron chi connectivity index (χ2n) is 24.9. The molecule has 0 aliphatic carbocycles. The molecule has 20 rings (SSSR count). The number of benzene rings is 11. The lowest BCUT2D eigenvalue weighted by molar-refractivity contribution is 0.992. The maximum Gasteiger partial charge on any atom is 0.105 e. The zero-order valence-electron chi connectivity index (χ0n) is 52.0. The molecule has 9 aromatic heterocycles. The van der Waals surface area contributed by atoms with Crippen molar-refractivity contribution in [3.63, 3.8) is 0 Å². The van der Waals surface area contributed by atoms with E-state index in [-0.39, 0.29) is 0 Å². The summed E-state index contributed by atoms with van der Waals surface area (Å²) in [6, 6.07) is 99.6. The van der Waals surface area contributed by atoms with Crippen molar-refractivity contribution in [3.05, 3.63) is 322 Å². The van der Waals surface area contributed by atoms with Crippen molar-refractivity contribution in [1.82, 2.24) is 42.8 Å². The Balaban J connectivity index is 1.10. The van der Waals surface area contributed by atoms with Crippen LogP contribution >= 0.6 is 0 Å². The van der Waals surface area contributed by atoms with E-state index >= 15 is 0 Å². The van der Waals surface area contributed by atoms with Crippen molar-refractivity contribution in [2.75, 3.05) is 0 Å². The summed E-state index contributed by atoms with van der Waals surface area (Å²) in [6.45, 7) is 0. The van der Waals surface area contributed by atoms with Gasteiger partial charge in [-0.15, -0.1) is 0 Å². The van der Waals surface area contributed by atoms with Crippen LogP contribution in [0.5, 0.6) is 0 Å². The number of hydrogen-bond acceptors (Lipinski definition) is 5. The number of aromatic nitrogens is 9. The molecule has 10 heteroatoms. The third-order valence-electron chi connectivity index (χ3n) is 19.9. The van der Waals surface area contributed by atoms with Crippen molar-refractivity contribution >= 4 is 109 Å². The molecule has 0 spiro atoms. The first-order valence-electron chi connectivity index (χ1n) is 32.5. The minimum Gasteiger partial charge on any atom is -0.306 e. The molecule has 0 N–H and O–H groups in total. The molecule has 97 heavy (non-hydrogen) atoms. The maximum absolute atomic E-state index is 13.5. The molecule has 0 radical (unpaired) electrons. The molecular weight excluding hydrogens is 1190 g/mol. The molecule has 0 amide bonds. The monoisotopic (exact) mass is 1240 g/mol. The number of nitrogens with zero attached hydrogens (tertiary/aromatic N) is 10. The second kappa shape index (κ2) is 21.3. The maximum atomic E-state index is 13.5. The third-order valence-corrected chi connectivity index (χ3v) is 19.9. The molecule has 0 bridgehead atoms. The number of rotatable bonds is 9. The van der Waals surface area contributed by atoms with Crippen molar-refractivity contribution in [3.8, 4) is 79.0 Å². The molecule has 11 aromatic carbocycles. The van der Waals surface area contributed by atoms with E-state index in [0.29, 0.717) is 16.9 Å². The minimum absolute atomic E-state index is 0.473. The van der Waals surface area contributed by atoms with E-state index < -0.39 is 0 Å². The Kier molecular flexibility index (Phi) is 11.9. The first-order valence-corrected chi connectivity index (χ1v) is 32.5. The van der Waals surface area contributed by atoms with E-state index in [4.69, 9.17) is 0 Å². The first kappa shape index (κ1) is 54.1. The highest BCUT2D eigenvalue weighted by Gasteiger charge is 2.37. The number of fused-ring (bicyclic) bond motifs is 15. The van der Waals surface area contributed by atoms with Crippen molar-refractivity contribution in [2.24, 2.45) is 0 Å². The van der Waals surface area contributed by atoms with Gasteiger partial charge >= 0.3 is 0 Å². The van der Waals surface area contributed by atoms with Gasteiger partial charge in [0, 0.05) is 103 Å². The highest BCUT2D eigenvalue weighted by Crippen LogP contribution is 2.53. The van der Waals surface area contributed by atoms with Crippen LogP contribution < -0.4 is 0 Å². The molecule has 0 fully saturated rings. The average molecular weight is 1240 g/mol. The van der Waals surface area contributed by atoms with Crippen LogP contribution in [0.3, 0.4) is 0 Å². The summed E-state index contributed by atoms with van der Waals surface area (Å²) in [6.07, 6.45) is 14.9. The predicted octanol–water partition coefficient (Wildman–Crippen LogP) is 21.3. The van der Waals surface area contributed by atoms with Crippen LogP contribution in [0, 0.1) is 11.3 Å². The molecular formula is C87H52N10. The Morgan fingerprint density at radius 2 is 0.392 bits per heavy atom. The normalized spacial score (nSPS) is 11.9. The number of para-hydroxylation sites is 6. The van der Waals surface area contributed by atoms with Gasteiger partial charge in [0.25, 0.3) is 0 Å². The van der Waals surface area contributed by atoms with Gasteiger partial charge in [-0.05, 0) is 178 Å². The van der Waals surface area contributed by atoms with Gasteiger partial charge in [-0.3, -0.25) is 19.9 Å². The van der Waals surface area contributed by atoms with Crippen LogP contribution in [-0.4, -0.2) is 42.8 Å². The summed E-state index contributed by atoms with van der Waals surface area (Å²) < 4.78 is 12.3. The van der Waals surface area contributed by atoms with Gasteiger partial charge < -0.3 is 22.8 Å². The van der Waals surface area contributed by atoms with Gasteiger partial charge in [-0.2, -0.15) is 5.26 Å². The molecule has 10 nitrogen and oxygen atoms in total. The Hall–Kier alpha value is -13.5. The lowest BCUT2D eigenvalue weighted by Crippen LogP contribution is -2.18. The van der Waals surface area contributed by atoms with Gasteiger partial charge in [0.1, 0.15) is 11.6 Å². The predicted molar refractivity (Wildman–Crippen MR) is 396 cm³/mol. The molecule has 20 aromatic rings. The zero-order valence-corrected chi connectivity index (χ0v) is 52.0. The Labute approximate surface area is 554 Å². The largest absolute Gasteiger partial charge is 0.306 e. The molecule has 0 saturated carbocycles. The van der Waals surface area contributed by atoms with Gasteiger partial charge in [0.2, 0.25) is 0 Å². The summed E-state index contributed by atoms with van der Waals surface area (Å²) in [5.74, 6) is 0. The van der Waals surface area contributed by atoms with Crippen molar-refractivity contribution in [2.45, 2.75) is 0 Å². The molecule has 450 valence electrons. The zero-order chi connectivity index (χ0) is 63.8. The van der Waals surface area contributed by atoms with Crippen LogP contribution in [0.4, 0.5) is 0 Å². The summed E-state index contributed by atoms with van der Waals surface area (Å²) in [5, 5.41) is 24.1. The first-order chi connectivity index (χ1) is 48.1. The molecule has 0 saturated heterocycles. The summed E-state index contributed by atoms with van der Waals surface area (Å²) in [7, 11) is 0. The number of hydrogen-bond donors (Lipinski definition) is 0. The highest BCUT2D eigenvalue weighted by molar-refractivity contribution is 6.19. The van der Waals surface area contributed by atoms with Crippen molar-refractivity contribution < 1.29 is 0 Å². The smallest absolute Gasteiger partial charge is 0.105 e. The second-order valence-corrected chi connectivity index (χ2v) is 24.9. The molecule has 0 aliphatic heterocycles. The van der Waals surface area contributed by atoms with Gasteiger partial charge in [-0.25, -0.2) is 0 Å². The third kappa shape index (κ3) is 8.00. The Morgan fingerprint density at radius 1 is 0.196 bits per heavy atom. The van der Waals surface area contributed by atoms with Crippen LogP contribution in [0.1, 0.15) is 5.56 Å². The summed E-state index contributed by atoms with van der Waals surface area (Å²) in [4.78, 5) is 17.8. The van der Waals surface area contributed by atoms with Crippen LogP contribution in [0.15, 0.2) is 316 Å². The van der Waals surface area contributed by atoms with Crippen LogP contribution in [0.25, 0.3) is 182 Å². The lowest BCUT2D eigenvalue weighted by atomic mass is 10.0. The SMILES string of the molecule is N#Cc1c(-n2c3ccccc3c3ccccc32)c(-n2c3ccc(-c4ccncc4)cc3c3cc(-c4ccncc4)ccc32)c(-n2c3ccccc3c3ccccc32)c(-n2c3ccc(-c4ccncc4)cc3c3cc(-c4ccncc4)ccc32)c1-n1c2ccccc2c2ccccc21. The highest BCUT2D eigenvalue weighted by atomic mass is 15.2. The average Bonchev–Trinajstić information content (AvgIpc) is 1.57. The van der Waals surface area contributed by atoms with Gasteiger partial charge in [0.05, 0.1) is 83.6 Å². The molecule has 9 heterocycles. The molecule has 0 aliphatic rings. The Morgan fingerprint density at radius 3 is 0.619 bits per heavy atom. The number of pyridine rings is 4. The van der Waals surface area contributed by atoms with E-state index in [0.717, 1.165) is 171 Å². The van der Waals surface area contributed by atoms with Crippen LogP contribution in [0.2, 0.25) is 0 Å². The van der Waals surface area contributed by atoms with Crippen molar-refractivity contribution in [1.29, 1.82) is 5.26 Å². The van der Waals surface area contributed by atoms with Gasteiger partial charge in [0.15, 0.2) is 0 Å². The molecule has 0 atom stereocenters. The van der Waals surface area contributed by atoms with Crippen LogP contribution in [-0.2, 0) is 0 Å². The summed E-state index contributed by atoms with van der Waals surface area (Å²) in [5.41, 5.74) is 22.4. The standard InChI is InChI=1S/C87H52N10/c88-53-72-83(93-73-19-7-1-13-62(73)63-14-2-8-20-74(63)93)85(96-79-29-25-58(54-33-41-89-42-34-54)49-68(79)69-50-59(26-30-80(69)96)55-35-43-90-44-36-55)87(95-77-23-11-5-17-66(77)67-18-6-12-24-78(67)95)86(84(72)94-75-21-9-3-15-64(75)65-16-4-10-22-76(65)94)97-81-31-27-60(56-37-45-91-46-38-56)51-70(81)71-52-61(28-32-82(71)97)57-39-47-92-48-40-57/h1-52H. The van der Waals surface area contributed by atoms with E-state index in [1.165, 1.54) is 0 Å². The quantitative estimate of drug-likeness (QED) is 0.143. The van der Waals surface area contributed by atoms with E-state index in [1.54, 1.807) is 0 Å². The van der Waals surface area contributed by atoms with Gasteiger partial charge in [-0.1, -0.05) is 133 Å². The minimum atomic E-state index is 0.473.